The SMILES string of the molecule is OC1(Cc2cn(Cc3cccc4cccnc34)nn2)CCSC1. The van der Waals surface area contributed by atoms with Crippen LogP contribution in [0.5, 0.6) is 0 Å². The van der Waals surface area contributed by atoms with Crippen molar-refractivity contribution >= 4 is 22.7 Å². The molecule has 6 heteroatoms. The summed E-state index contributed by atoms with van der Waals surface area (Å²) in [6.45, 7) is 0.633. The highest BCUT2D eigenvalue weighted by atomic mass is 32.2. The molecular formula is C17H18N4OS. The number of hydrogen-bond donors (Lipinski definition) is 1. The lowest BCUT2D eigenvalue weighted by Crippen LogP contribution is -2.30. The van der Waals surface area contributed by atoms with Crippen molar-refractivity contribution in [2.45, 2.75) is 25.0 Å². The van der Waals surface area contributed by atoms with Crippen LogP contribution in [0.4, 0.5) is 0 Å². The van der Waals surface area contributed by atoms with Crippen molar-refractivity contribution in [2.75, 3.05) is 11.5 Å². The van der Waals surface area contributed by atoms with Gasteiger partial charge in [0.15, 0.2) is 0 Å². The van der Waals surface area contributed by atoms with Crippen LogP contribution in [-0.2, 0) is 13.0 Å². The molecule has 0 radical (unpaired) electrons. The van der Waals surface area contributed by atoms with Gasteiger partial charge in [-0.2, -0.15) is 11.8 Å². The Labute approximate surface area is 138 Å². The van der Waals surface area contributed by atoms with E-state index in [2.05, 4.69) is 33.5 Å². The monoisotopic (exact) mass is 326 g/mol. The Hall–Kier alpha value is -1.92. The highest BCUT2D eigenvalue weighted by Gasteiger charge is 2.32. The number of benzene rings is 1. The Morgan fingerprint density at radius 2 is 2.17 bits per heavy atom. The van der Waals surface area contributed by atoms with Gasteiger partial charge in [0.25, 0.3) is 0 Å². The van der Waals surface area contributed by atoms with Crippen LogP contribution >= 0.6 is 11.8 Å². The smallest absolute Gasteiger partial charge is 0.0856 e. The number of hydrogen-bond acceptors (Lipinski definition) is 5. The molecular weight excluding hydrogens is 308 g/mol. The van der Waals surface area contributed by atoms with Gasteiger partial charge in [-0.1, -0.05) is 29.5 Å². The molecule has 0 amide bonds. The maximum Gasteiger partial charge on any atom is 0.0856 e. The van der Waals surface area contributed by atoms with E-state index < -0.39 is 5.60 Å². The standard InChI is InChI=1S/C17H18N4OS/c22-17(6-8-23-12-17)9-15-11-21(20-19-15)10-14-4-1-3-13-5-2-7-18-16(13)14/h1-5,7,11,22H,6,8-10,12H2. The number of fused-ring (bicyclic) bond motifs is 1. The molecule has 4 rings (SSSR count). The summed E-state index contributed by atoms with van der Waals surface area (Å²) in [5, 5.41) is 20.0. The van der Waals surface area contributed by atoms with Crippen molar-refractivity contribution in [3.8, 4) is 0 Å². The van der Waals surface area contributed by atoms with Crippen molar-refractivity contribution < 1.29 is 5.11 Å². The van der Waals surface area contributed by atoms with Crippen molar-refractivity contribution in [3.05, 3.63) is 54.0 Å². The molecule has 1 N–H and O–H groups in total. The molecule has 1 atom stereocenters. The highest BCUT2D eigenvalue weighted by molar-refractivity contribution is 7.99. The molecule has 118 valence electrons. The van der Waals surface area contributed by atoms with E-state index in [4.69, 9.17) is 0 Å². The molecule has 2 aromatic heterocycles. The lowest BCUT2D eigenvalue weighted by atomic mass is 9.98. The maximum atomic E-state index is 10.5. The molecule has 1 unspecified atom stereocenters. The average molecular weight is 326 g/mol. The van der Waals surface area contributed by atoms with E-state index in [1.54, 1.807) is 11.8 Å². The zero-order chi connectivity index (χ0) is 15.7. The highest BCUT2D eigenvalue weighted by Crippen LogP contribution is 2.30. The molecule has 1 fully saturated rings. The van der Waals surface area contributed by atoms with E-state index in [0.29, 0.717) is 13.0 Å². The predicted octanol–water partition coefficient (Wildman–Crippen LogP) is 2.29. The van der Waals surface area contributed by atoms with Crippen LogP contribution in [0.25, 0.3) is 10.9 Å². The number of thioether (sulfide) groups is 1. The van der Waals surface area contributed by atoms with Gasteiger partial charge in [0.1, 0.15) is 0 Å². The molecule has 1 aliphatic rings. The first-order valence-electron chi connectivity index (χ1n) is 7.74. The molecule has 1 aliphatic heterocycles. The van der Waals surface area contributed by atoms with Crippen LogP contribution in [0.15, 0.2) is 42.7 Å². The maximum absolute atomic E-state index is 10.5. The Bertz CT molecular complexity index is 821. The first kappa shape index (κ1) is 14.7. The van der Waals surface area contributed by atoms with Gasteiger partial charge >= 0.3 is 0 Å². The molecule has 3 heterocycles. The van der Waals surface area contributed by atoms with Gasteiger partial charge in [0.2, 0.25) is 0 Å². The third-order valence-corrected chi connectivity index (χ3v) is 5.46. The molecule has 1 saturated heterocycles. The molecule has 0 saturated carbocycles. The molecule has 3 aromatic rings. The quantitative estimate of drug-likeness (QED) is 0.797. The van der Waals surface area contributed by atoms with Crippen molar-refractivity contribution in [2.24, 2.45) is 0 Å². The molecule has 0 spiro atoms. The van der Waals surface area contributed by atoms with Crippen molar-refractivity contribution in [1.82, 2.24) is 20.0 Å². The van der Waals surface area contributed by atoms with E-state index in [0.717, 1.165) is 40.1 Å². The van der Waals surface area contributed by atoms with Crippen LogP contribution in [0.2, 0.25) is 0 Å². The molecule has 23 heavy (non-hydrogen) atoms. The van der Waals surface area contributed by atoms with Gasteiger partial charge in [-0.05, 0) is 23.8 Å². The van der Waals surface area contributed by atoms with Gasteiger partial charge in [-0.25, -0.2) is 4.68 Å². The number of aliphatic hydroxyl groups is 1. The fraction of sp³-hybridized carbons (Fsp3) is 0.353. The summed E-state index contributed by atoms with van der Waals surface area (Å²) in [5.41, 5.74) is 2.35. The van der Waals surface area contributed by atoms with Gasteiger partial charge in [0, 0.05) is 30.0 Å². The minimum Gasteiger partial charge on any atom is -0.389 e. The van der Waals surface area contributed by atoms with E-state index in [9.17, 15) is 5.11 Å². The fourth-order valence-corrected chi connectivity index (χ4v) is 4.33. The third kappa shape index (κ3) is 3.09. The Morgan fingerprint density at radius 1 is 1.26 bits per heavy atom. The number of aromatic nitrogens is 4. The lowest BCUT2D eigenvalue weighted by molar-refractivity contribution is 0.0676. The third-order valence-electron chi connectivity index (χ3n) is 4.23. The first-order chi connectivity index (χ1) is 11.2. The van der Waals surface area contributed by atoms with Crippen LogP contribution in [0.3, 0.4) is 0 Å². The van der Waals surface area contributed by atoms with Crippen LogP contribution in [0.1, 0.15) is 17.7 Å². The topological polar surface area (TPSA) is 63.8 Å². The van der Waals surface area contributed by atoms with Crippen molar-refractivity contribution in [1.29, 1.82) is 0 Å². The number of para-hydroxylation sites is 1. The van der Waals surface area contributed by atoms with E-state index >= 15 is 0 Å². The van der Waals surface area contributed by atoms with Crippen LogP contribution < -0.4 is 0 Å². The minimum absolute atomic E-state index is 0.577. The van der Waals surface area contributed by atoms with Crippen molar-refractivity contribution in [3.63, 3.8) is 0 Å². The molecule has 0 bridgehead atoms. The zero-order valence-electron chi connectivity index (χ0n) is 12.7. The van der Waals surface area contributed by atoms with Gasteiger partial charge < -0.3 is 5.11 Å². The summed E-state index contributed by atoms with van der Waals surface area (Å²) < 4.78 is 1.82. The Kier molecular flexibility index (Phi) is 3.79. The molecule has 1 aromatic carbocycles. The van der Waals surface area contributed by atoms with Gasteiger partial charge in [-0.3, -0.25) is 4.98 Å². The summed E-state index contributed by atoms with van der Waals surface area (Å²) in [7, 11) is 0. The largest absolute Gasteiger partial charge is 0.389 e. The van der Waals surface area contributed by atoms with Crippen LogP contribution in [-0.4, -0.2) is 42.2 Å². The molecule has 0 aliphatic carbocycles. The normalized spacial score (nSPS) is 21.1. The Morgan fingerprint density at radius 3 is 3.04 bits per heavy atom. The number of nitrogens with zero attached hydrogens (tertiary/aromatic N) is 4. The zero-order valence-corrected chi connectivity index (χ0v) is 13.5. The minimum atomic E-state index is -0.619. The number of pyridine rings is 1. The van der Waals surface area contributed by atoms with Gasteiger partial charge in [-0.15, -0.1) is 5.10 Å². The summed E-state index contributed by atoms with van der Waals surface area (Å²) in [5.74, 6) is 1.80. The average Bonchev–Trinajstić information content (AvgIpc) is 3.17. The summed E-state index contributed by atoms with van der Waals surface area (Å²) in [6.07, 6.45) is 5.15. The van der Waals surface area contributed by atoms with E-state index in [1.165, 1.54) is 0 Å². The second kappa shape index (κ2) is 5.94. The lowest BCUT2D eigenvalue weighted by Gasteiger charge is -2.18. The second-order valence-corrected chi connectivity index (χ2v) is 7.21. The van der Waals surface area contributed by atoms with E-state index in [1.807, 2.05) is 29.2 Å². The Balaban J connectivity index is 1.55. The second-order valence-electron chi connectivity index (χ2n) is 6.10. The van der Waals surface area contributed by atoms with Gasteiger partial charge in [0.05, 0.1) is 23.4 Å². The predicted molar refractivity (Wildman–Crippen MR) is 91.5 cm³/mol. The first-order valence-corrected chi connectivity index (χ1v) is 8.89. The summed E-state index contributed by atoms with van der Waals surface area (Å²) in [4.78, 5) is 4.47. The fourth-order valence-electron chi connectivity index (χ4n) is 3.04. The summed E-state index contributed by atoms with van der Waals surface area (Å²) in [6, 6.07) is 10.2. The van der Waals surface area contributed by atoms with E-state index in [-0.39, 0.29) is 0 Å². The van der Waals surface area contributed by atoms with Crippen LogP contribution in [0, 0.1) is 0 Å². The molecule has 5 nitrogen and oxygen atoms in total. The number of rotatable bonds is 4. The summed E-state index contributed by atoms with van der Waals surface area (Å²) >= 11 is 1.80.